The first-order valence-corrected chi connectivity index (χ1v) is 8.05. The van der Waals surface area contributed by atoms with Gasteiger partial charge in [0.1, 0.15) is 35.4 Å². The molecule has 0 fully saturated rings. The molecule has 3 aromatic rings. The maximum absolute atomic E-state index is 12.0. The fraction of sp³-hybridized carbons (Fsp3) is 0.263. The third-order valence-electron chi connectivity index (χ3n) is 4.56. The van der Waals surface area contributed by atoms with Crippen LogP contribution in [0.5, 0.6) is 5.75 Å². The molecule has 25 heavy (non-hydrogen) atoms. The summed E-state index contributed by atoms with van der Waals surface area (Å²) in [4.78, 5) is 22.9. The second-order valence-electron chi connectivity index (χ2n) is 6.13. The van der Waals surface area contributed by atoms with Gasteiger partial charge >= 0.3 is 5.63 Å². The van der Waals surface area contributed by atoms with Crippen LogP contribution in [0.25, 0.3) is 11.0 Å². The molecule has 128 valence electrons. The molecule has 0 radical (unpaired) electrons. The Hall–Kier alpha value is -3.02. The Bertz CT molecular complexity index is 1040. The zero-order valence-corrected chi connectivity index (χ0v) is 13.6. The van der Waals surface area contributed by atoms with Gasteiger partial charge in [-0.2, -0.15) is 0 Å². The third kappa shape index (κ3) is 2.69. The Balaban J connectivity index is 1.61. The van der Waals surface area contributed by atoms with Gasteiger partial charge in [-0.1, -0.05) is 0 Å². The topological polar surface area (TPSA) is 92.7 Å². The van der Waals surface area contributed by atoms with Crippen molar-refractivity contribution in [1.29, 1.82) is 0 Å². The molecule has 0 atom stereocenters. The van der Waals surface area contributed by atoms with Crippen LogP contribution in [-0.2, 0) is 19.4 Å². The summed E-state index contributed by atoms with van der Waals surface area (Å²) in [5.41, 5.74) is 2.70. The van der Waals surface area contributed by atoms with Crippen molar-refractivity contribution in [3.63, 3.8) is 0 Å². The summed E-state index contributed by atoms with van der Waals surface area (Å²) in [6.45, 7) is 1.80. The van der Waals surface area contributed by atoms with Crippen LogP contribution in [0.1, 0.15) is 39.4 Å². The van der Waals surface area contributed by atoms with Gasteiger partial charge in [0.25, 0.3) is 0 Å². The zero-order valence-electron chi connectivity index (χ0n) is 13.6. The van der Waals surface area contributed by atoms with Gasteiger partial charge in [-0.05, 0) is 49.9 Å². The van der Waals surface area contributed by atoms with Gasteiger partial charge in [-0.15, -0.1) is 0 Å². The number of aromatic carboxylic acids is 1. The van der Waals surface area contributed by atoms with E-state index in [2.05, 4.69) is 0 Å². The first kappa shape index (κ1) is 15.5. The van der Waals surface area contributed by atoms with Crippen LogP contribution in [0.3, 0.4) is 0 Å². The van der Waals surface area contributed by atoms with E-state index in [9.17, 15) is 14.7 Å². The van der Waals surface area contributed by atoms with Gasteiger partial charge < -0.3 is 23.5 Å². The summed E-state index contributed by atoms with van der Waals surface area (Å²) < 4.78 is 16.2. The van der Waals surface area contributed by atoms with E-state index in [1.54, 1.807) is 13.0 Å². The Labute approximate surface area is 142 Å². The lowest BCUT2D eigenvalue weighted by molar-refractivity contribution is -0.257. The van der Waals surface area contributed by atoms with Crippen LogP contribution < -0.4 is 15.5 Å². The summed E-state index contributed by atoms with van der Waals surface area (Å²) >= 11 is 0. The number of ether oxygens (including phenoxy) is 1. The number of benzene rings is 1. The van der Waals surface area contributed by atoms with E-state index in [1.165, 1.54) is 6.07 Å². The predicted molar refractivity (Wildman–Crippen MR) is 86.6 cm³/mol. The Morgan fingerprint density at radius 3 is 2.76 bits per heavy atom. The van der Waals surface area contributed by atoms with Crippen LogP contribution in [0.4, 0.5) is 0 Å². The molecule has 0 amide bonds. The number of rotatable bonds is 4. The molecular weight excluding hydrogens is 324 g/mol. The second kappa shape index (κ2) is 5.81. The highest BCUT2D eigenvalue weighted by Gasteiger charge is 2.19. The van der Waals surface area contributed by atoms with Crippen molar-refractivity contribution < 1.29 is 23.5 Å². The maximum Gasteiger partial charge on any atom is 0.339 e. The van der Waals surface area contributed by atoms with E-state index in [0.29, 0.717) is 22.7 Å². The molecular formula is C19H15O6-. The lowest BCUT2D eigenvalue weighted by Gasteiger charge is -2.08. The SMILES string of the molecule is Cc1oc(C(=O)[O-])cc1COc1ccc2c3c(c(=O)oc2c1)CCC3. The molecule has 0 bridgehead atoms. The standard InChI is InChI=1S/C19H16O6/c1-10-11(7-17(24-10)18(20)21)9-23-12-5-6-14-13-3-2-4-15(13)19(22)25-16(14)8-12/h5-8H,2-4,9H2,1H3,(H,20,21)/p-1. The average molecular weight is 339 g/mol. The van der Waals surface area contributed by atoms with Crippen molar-refractivity contribution in [3.8, 4) is 5.75 Å². The van der Waals surface area contributed by atoms with Crippen molar-refractivity contribution in [2.75, 3.05) is 0 Å². The Kier molecular flexibility index (Phi) is 3.60. The summed E-state index contributed by atoms with van der Waals surface area (Å²) in [5, 5.41) is 11.8. The molecule has 0 aliphatic heterocycles. The lowest BCUT2D eigenvalue weighted by Crippen LogP contribution is -2.21. The first-order chi connectivity index (χ1) is 12.0. The number of carbonyl (C=O) groups excluding carboxylic acids is 1. The lowest BCUT2D eigenvalue weighted by atomic mass is 10.1. The smallest absolute Gasteiger partial charge is 0.339 e. The number of hydrogen-bond donors (Lipinski definition) is 0. The number of carbonyl (C=O) groups is 1. The zero-order chi connectivity index (χ0) is 17.6. The van der Waals surface area contributed by atoms with E-state index in [4.69, 9.17) is 13.6 Å². The van der Waals surface area contributed by atoms with E-state index >= 15 is 0 Å². The molecule has 1 aliphatic carbocycles. The van der Waals surface area contributed by atoms with Crippen LogP contribution >= 0.6 is 0 Å². The first-order valence-electron chi connectivity index (χ1n) is 8.05. The number of fused-ring (bicyclic) bond motifs is 3. The molecule has 4 rings (SSSR count). The number of carboxylic acid groups (broad SMARTS) is 1. The van der Waals surface area contributed by atoms with E-state index in [1.807, 2.05) is 12.1 Å². The van der Waals surface area contributed by atoms with E-state index < -0.39 is 5.97 Å². The van der Waals surface area contributed by atoms with Crippen molar-refractivity contribution in [2.24, 2.45) is 0 Å². The molecule has 1 aliphatic rings. The van der Waals surface area contributed by atoms with Gasteiger partial charge in [-0.25, -0.2) is 4.79 Å². The van der Waals surface area contributed by atoms with Gasteiger partial charge in [0.15, 0.2) is 0 Å². The Morgan fingerprint density at radius 1 is 1.20 bits per heavy atom. The van der Waals surface area contributed by atoms with Gasteiger partial charge in [0.05, 0.1) is 0 Å². The Morgan fingerprint density at radius 2 is 2.00 bits per heavy atom. The van der Waals surface area contributed by atoms with E-state index in [0.717, 1.165) is 35.8 Å². The molecule has 0 N–H and O–H groups in total. The average Bonchev–Trinajstić information content (AvgIpc) is 3.20. The van der Waals surface area contributed by atoms with Crippen LogP contribution in [0.2, 0.25) is 0 Å². The van der Waals surface area contributed by atoms with Crippen LogP contribution in [0, 0.1) is 6.92 Å². The quantitative estimate of drug-likeness (QED) is 0.676. The minimum absolute atomic E-state index is 0.142. The van der Waals surface area contributed by atoms with Gasteiger partial charge in [0, 0.05) is 22.6 Å². The minimum atomic E-state index is -1.37. The maximum atomic E-state index is 12.0. The van der Waals surface area contributed by atoms with Crippen LogP contribution in [0.15, 0.2) is 37.9 Å². The molecule has 2 aromatic heterocycles. The van der Waals surface area contributed by atoms with Crippen LogP contribution in [-0.4, -0.2) is 5.97 Å². The summed E-state index contributed by atoms with van der Waals surface area (Å²) in [6, 6.07) is 6.78. The molecule has 6 nitrogen and oxygen atoms in total. The molecule has 0 saturated heterocycles. The number of carboxylic acids is 1. The molecule has 2 heterocycles. The highest BCUT2D eigenvalue weighted by atomic mass is 16.5. The fourth-order valence-electron chi connectivity index (χ4n) is 3.28. The summed E-state index contributed by atoms with van der Waals surface area (Å²) in [6.07, 6.45) is 2.63. The monoisotopic (exact) mass is 339 g/mol. The van der Waals surface area contributed by atoms with Gasteiger partial charge in [0.2, 0.25) is 0 Å². The van der Waals surface area contributed by atoms with Crippen molar-refractivity contribution in [2.45, 2.75) is 32.8 Å². The largest absolute Gasteiger partial charge is 0.542 e. The van der Waals surface area contributed by atoms with E-state index in [-0.39, 0.29) is 18.0 Å². The molecule has 6 heteroatoms. The second-order valence-corrected chi connectivity index (χ2v) is 6.13. The third-order valence-corrected chi connectivity index (χ3v) is 4.56. The summed E-state index contributed by atoms with van der Waals surface area (Å²) in [7, 11) is 0. The molecule has 1 aromatic carbocycles. The highest BCUT2D eigenvalue weighted by molar-refractivity contribution is 5.83. The van der Waals surface area contributed by atoms with Gasteiger partial charge in [-0.3, -0.25) is 0 Å². The molecule has 0 unspecified atom stereocenters. The molecule has 0 saturated carbocycles. The minimum Gasteiger partial charge on any atom is -0.542 e. The highest BCUT2D eigenvalue weighted by Crippen LogP contribution is 2.30. The number of hydrogen-bond acceptors (Lipinski definition) is 6. The van der Waals surface area contributed by atoms with Crippen molar-refractivity contribution >= 4 is 16.9 Å². The van der Waals surface area contributed by atoms with Crippen molar-refractivity contribution in [1.82, 2.24) is 0 Å². The summed E-state index contributed by atoms with van der Waals surface area (Å²) in [5.74, 6) is -0.597. The molecule has 0 spiro atoms. The predicted octanol–water partition coefficient (Wildman–Crippen LogP) is 2.13. The normalized spacial score (nSPS) is 13.2. The van der Waals surface area contributed by atoms with Crippen molar-refractivity contribution in [3.05, 3.63) is 62.9 Å². The number of aryl methyl sites for hydroxylation is 2. The fourth-order valence-corrected chi connectivity index (χ4v) is 3.28. The number of furan rings is 1.